The second-order valence-electron chi connectivity index (χ2n) is 4.82. The van der Waals surface area contributed by atoms with Crippen LogP contribution in [0.25, 0.3) is 0 Å². The highest BCUT2D eigenvalue weighted by Gasteiger charge is 2.30. The number of phenols is 1. The number of aromatic hydroxyl groups is 1. The number of hydrogen-bond donors (Lipinski definition) is 2. The van der Waals surface area contributed by atoms with Gasteiger partial charge in [0.15, 0.2) is 0 Å². The molecule has 0 radical (unpaired) electrons. The first-order chi connectivity index (χ1) is 8.49. The maximum Gasteiger partial charge on any atom is 0.257 e. The largest absolute Gasteiger partial charge is 0.507 e. The Hall–Kier alpha value is -1.26. The maximum atomic E-state index is 12.3. The Morgan fingerprint density at radius 2 is 2.33 bits per heavy atom. The molecule has 18 heavy (non-hydrogen) atoms. The summed E-state index contributed by atoms with van der Waals surface area (Å²) in [7, 11) is 0. The number of benzene rings is 1. The lowest BCUT2D eigenvalue weighted by molar-refractivity contribution is 0.0783. The van der Waals surface area contributed by atoms with Gasteiger partial charge in [0.05, 0.1) is 5.56 Å². The van der Waals surface area contributed by atoms with E-state index >= 15 is 0 Å². The topological polar surface area (TPSA) is 66.6 Å². The molecule has 0 bridgehead atoms. The van der Waals surface area contributed by atoms with Crippen LogP contribution in [0.5, 0.6) is 5.75 Å². The molecule has 0 aliphatic carbocycles. The molecule has 5 heteroatoms. The van der Waals surface area contributed by atoms with E-state index in [0.717, 1.165) is 6.42 Å². The van der Waals surface area contributed by atoms with E-state index in [1.165, 1.54) is 12.1 Å². The van der Waals surface area contributed by atoms with Gasteiger partial charge in [-0.3, -0.25) is 4.79 Å². The molecule has 1 aliphatic rings. The highest BCUT2D eigenvalue weighted by Crippen LogP contribution is 2.26. The average Bonchev–Trinajstić information content (AvgIpc) is 2.81. The standard InChI is InChI=1S/C13H17ClN2O2/c1-8(15)9-4-5-16(7-9)13(18)11-6-10(14)2-3-12(11)17/h2-3,6,8-9,17H,4-5,7,15H2,1H3. The highest BCUT2D eigenvalue weighted by molar-refractivity contribution is 6.31. The predicted molar refractivity (Wildman–Crippen MR) is 70.8 cm³/mol. The van der Waals surface area contributed by atoms with Gasteiger partial charge in [0, 0.05) is 24.2 Å². The van der Waals surface area contributed by atoms with E-state index in [1.54, 1.807) is 11.0 Å². The van der Waals surface area contributed by atoms with Gasteiger partial charge in [-0.2, -0.15) is 0 Å². The zero-order valence-corrected chi connectivity index (χ0v) is 11.0. The summed E-state index contributed by atoms with van der Waals surface area (Å²) in [6.07, 6.45) is 0.907. The van der Waals surface area contributed by atoms with E-state index in [4.69, 9.17) is 17.3 Å². The van der Waals surface area contributed by atoms with Crippen LogP contribution in [0.4, 0.5) is 0 Å². The first-order valence-corrected chi connectivity index (χ1v) is 6.40. The molecule has 0 saturated carbocycles. The maximum absolute atomic E-state index is 12.3. The lowest BCUT2D eigenvalue weighted by atomic mass is 10.0. The Labute approximate surface area is 111 Å². The molecular weight excluding hydrogens is 252 g/mol. The van der Waals surface area contributed by atoms with Crippen molar-refractivity contribution in [3.8, 4) is 5.75 Å². The molecule has 1 aromatic carbocycles. The second-order valence-corrected chi connectivity index (χ2v) is 5.26. The van der Waals surface area contributed by atoms with Crippen LogP contribution in [-0.4, -0.2) is 35.0 Å². The van der Waals surface area contributed by atoms with Gasteiger partial charge >= 0.3 is 0 Å². The number of nitrogens with zero attached hydrogens (tertiary/aromatic N) is 1. The van der Waals surface area contributed by atoms with Crippen LogP contribution >= 0.6 is 11.6 Å². The zero-order valence-electron chi connectivity index (χ0n) is 10.3. The molecule has 0 spiro atoms. The number of carbonyl (C=O) groups excluding carboxylic acids is 1. The normalized spacial score (nSPS) is 21.1. The minimum atomic E-state index is -0.182. The average molecular weight is 269 g/mol. The fraction of sp³-hybridized carbons (Fsp3) is 0.462. The Morgan fingerprint density at radius 1 is 1.61 bits per heavy atom. The molecule has 1 aromatic rings. The van der Waals surface area contributed by atoms with Crippen LogP contribution in [0, 0.1) is 5.92 Å². The van der Waals surface area contributed by atoms with Crippen LogP contribution in [0.2, 0.25) is 5.02 Å². The van der Waals surface area contributed by atoms with Gasteiger partial charge in [0.1, 0.15) is 5.75 Å². The molecule has 1 amide bonds. The molecule has 4 nitrogen and oxygen atoms in total. The highest BCUT2D eigenvalue weighted by atomic mass is 35.5. The van der Waals surface area contributed by atoms with Crippen molar-refractivity contribution in [2.45, 2.75) is 19.4 Å². The number of amides is 1. The predicted octanol–water partition coefficient (Wildman–Crippen LogP) is 1.85. The van der Waals surface area contributed by atoms with Gasteiger partial charge < -0.3 is 15.7 Å². The molecular formula is C13H17ClN2O2. The first kappa shape index (κ1) is 13.2. The van der Waals surface area contributed by atoms with E-state index in [-0.39, 0.29) is 23.3 Å². The van der Waals surface area contributed by atoms with E-state index in [1.807, 2.05) is 6.92 Å². The Balaban J connectivity index is 2.15. The van der Waals surface area contributed by atoms with Crippen molar-refractivity contribution in [3.63, 3.8) is 0 Å². The SMILES string of the molecule is CC(N)C1CCN(C(=O)c2cc(Cl)ccc2O)C1. The van der Waals surface area contributed by atoms with Crippen LogP contribution in [0.3, 0.4) is 0 Å². The van der Waals surface area contributed by atoms with Crippen molar-refractivity contribution in [1.82, 2.24) is 4.90 Å². The molecule has 98 valence electrons. The number of rotatable bonds is 2. The van der Waals surface area contributed by atoms with Crippen molar-refractivity contribution in [2.75, 3.05) is 13.1 Å². The molecule has 0 aromatic heterocycles. The third-order valence-corrected chi connectivity index (χ3v) is 3.68. The molecule has 1 aliphatic heterocycles. The summed E-state index contributed by atoms with van der Waals surface area (Å²) in [6.45, 7) is 3.27. The van der Waals surface area contributed by atoms with E-state index in [9.17, 15) is 9.90 Å². The summed E-state index contributed by atoms with van der Waals surface area (Å²) in [5.41, 5.74) is 6.10. The van der Waals surface area contributed by atoms with Crippen molar-refractivity contribution in [2.24, 2.45) is 11.7 Å². The molecule has 1 fully saturated rings. The molecule has 2 unspecified atom stereocenters. The van der Waals surface area contributed by atoms with Gasteiger partial charge in [-0.1, -0.05) is 11.6 Å². The van der Waals surface area contributed by atoms with Gasteiger partial charge in [-0.15, -0.1) is 0 Å². The fourth-order valence-corrected chi connectivity index (χ4v) is 2.42. The summed E-state index contributed by atoms with van der Waals surface area (Å²) < 4.78 is 0. The third kappa shape index (κ3) is 2.60. The minimum absolute atomic E-state index is 0.0337. The first-order valence-electron chi connectivity index (χ1n) is 6.02. The molecule has 2 atom stereocenters. The number of phenolic OH excluding ortho intramolecular Hbond substituents is 1. The lowest BCUT2D eigenvalue weighted by Crippen LogP contribution is -2.33. The fourth-order valence-electron chi connectivity index (χ4n) is 2.25. The third-order valence-electron chi connectivity index (χ3n) is 3.44. The molecule has 1 saturated heterocycles. The number of hydrogen-bond acceptors (Lipinski definition) is 3. The smallest absolute Gasteiger partial charge is 0.257 e. The van der Waals surface area contributed by atoms with Crippen molar-refractivity contribution in [3.05, 3.63) is 28.8 Å². The van der Waals surface area contributed by atoms with E-state index < -0.39 is 0 Å². The van der Waals surface area contributed by atoms with Gasteiger partial charge in [0.25, 0.3) is 5.91 Å². The van der Waals surface area contributed by atoms with Crippen molar-refractivity contribution in [1.29, 1.82) is 0 Å². The summed E-state index contributed by atoms with van der Waals surface area (Å²) in [5, 5.41) is 10.2. The van der Waals surface area contributed by atoms with Crippen molar-refractivity contribution < 1.29 is 9.90 Å². The quantitative estimate of drug-likeness (QED) is 0.860. The lowest BCUT2D eigenvalue weighted by Gasteiger charge is -2.18. The van der Waals surface area contributed by atoms with Crippen LogP contribution in [0.15, 0.2) is 18.2 Å². The Bertz CT molecular complexity index is 462. The van der Waals surface area contributed by atoms with Gasteiger partial charge in [-0.05, 0) is 37.5 Å². The number of halogens is 1. The summed E-state index contributed by atoms with van der Waals surface area (Å²) in [6, 6.07) is 4.57. The minimum Gasteiger partial charge on any atom is -0.507 e. The summed E-state index contributed by atoms with van der Waals surface area (Å²) in [4.78, 5) is 14.0. The van der Waals surface area contributed by atoms with Gasteiger partial charge in [-0.25, -0.2) is 0 Å². The number of nitrogens with two attached hydrogens (primary N) is 1. The van der Waals surface area contributed by atoms with Gasteiger partial charge in [0.2, 0.25) is 0 Å². The molecule has 2 rings (SSSR count). The Kier molecular flexibility index (Phi) is 3.78. The van der Waals surface area contributed by atoms with E-state index in [0.29, 0.717) is 24.0 Å². The van der Waals surface area contributed by atoms with Crippen LogP contribution in [-0.2, 0) is 0 Å². The number of carbonyl (C=O) groups is 1. The van der Waals surface area contributed by atoms with Crippen LogP contribution in [0.1, 0.15) is 23.7 Å². The molecule has 1 heterocycles. The zero-order chi connectivity index (χ0) is 13.3. The Morgan fingerprint density at radius 3 is 2.94 bits per heavy atom. The van der Waals surface area contributed by atoms with E-state index in [2.05, 4.69) is 0 Å². The summed E-state index contributed by atoms with van der Waals surface area (Å²) in [5.74, 6) is 0.113. The molecule has 3 N–H and O–H groups in total. The number of likely N-dealkylation sites (tertiary alicyclic amines) is 1. The second kappa shape index (κ2) is 5.16. The van der Waals surface area contributed by atoms with Crippen molar-refractivity contribution >= 4 is 17.5 Å². The van der Waals surface area contributed by atoms with Crippen LogP contribution < -0.4 is 5.73 Å². The monoisotopic (exact) mass is 268 g/mol. The summed E-state index contributed by atoms with van der Waals surface area (Å²) >= 11 is 5.84.